The first-order chi connectivity index (χ1) is 11.4. The van der Waals surface area contributed by atoms with Crippen molar-refractivity contribution in [1.29, 1.82) is 0 Å². The van der Waals surface area contributed by atoms with E-state index in [-0.39, 0.29) is 23.9 Å². The minimum absolute atomic E-state index is 0. The van der Waals surface area contributed by atoms with Gasteiger partial charge in [-0.15, -0.1) is 25.6 Å². The van der Waals surface area contributed by atoms with Gasteiger partial charge in [0.05, 0.1) is 12.3 Å². The van der Waals surface area contributed by atoms with Crippen molar-refractivity contribution in [3.63, 3.8) is 0 Å². The molecule has 3 rings (SSSR count). The molecule has 138 valence electrons. The van der Waals surface area contributed by atoms with E-state index >= 15 is 0 Å². The van der Waals surface area contributed by atoms with Crippen molar-refractivity contribution in [2.75, 3.05) is 26.2 Å². The minimum atomic E-state index is -4.79. The van der Waals surface area contributed by atoms with Crippen LogP contribution in [0.1, 0.15) is 17.4 Å². The van der Waals surface area contributed by atoms with E-state index in [1.165, 1.54) is 18.4 Å². The summed E-state index contributed by atoms with van der Waals surface area (Å²) in [5.41, 5.74) is 0.314. The summed E-state index contributed by atoms with van der Waals surface area (Å²) in [5, 5.41) is 13.4. The molecule has 1 aliphatic heterocycles. The number of aromatic hydroxyl groups is 1. The molecule has 25 heavy (non-hydrogen) atoms. The highest BCUT2D eigenvalue weighted by atomic mass is 35.5. The van der Waals surface area contributed by atoms with Crippen LogP contribution >= 0.6 is 12.4 Å². The molecule has 1 aromatic heterocycles. The van der Waals surface area contributed by atoms with E-state index in [9.17, 15) is 18.3 Å². The van der Waals surface area contributed by atoms with Crippen molar-refractivity contribution < 1.29 is 27.4 Å². The normalized spacial score (nSPS) is 16.9. The van der Waals surface area contributed by atoms with Crippen LogP contribution in [-0.2, 0) is 0 Å². The molecule has 0 bridgehead atoms. The number of hydrogen-bond donors (Lipinski definition) is 2. The lowest BCUT2D eigenvalue weighted by atomic mass is 10.0. The molecule has 2 N–H and O–H groups in total. The molecule has 2 heterocycles. The van der Waals surface area contributed by atoms with Crippen molar-refractivity contribution >= 4 is 12.4 Å². The van der Waals surface area contributed by atoms with Gasteiger partial charge in [-0.05, 0) is 30.3 Å². The number of phenolic OH excluding ortho intramolecular Hbond substituents is 1. The quantitative estimate of drug-likeness (QED) is 0.855. The number of benzene rings is 1. The molecule has 1 aromatic carbocycles. The zero-order chi connectivity index (χ0) is 17.2. The van der Waals surface area contributed by atoms with E-state index in [4.69, 9.17) is 4.42 Å². The van der Waals surface area contributed by atoms with Crippen LogP contribution < -0.4 is 10.1 Å². The molecule has 0 radical (unpaired) electrons. The number of piperazine rings is 1. The summed E-state index contributed by atoms with van der Waals surface area (Å²) in [7, 11) is 0. The average Bonchev–Trinajstić information content (AvgIpc) is 3.04. The van der Waals surface area contributed by atoms with Gasteiger partial charge < -0.3 is 19.6 Å². The molecule has 5 nitrogen and oxygen atoms in total. The number of nitrogens with one attached hydrogen (secondary N) is 1. The third-order valence-corrected chi connectivity index (χ3v) is 3.86. The Morgan fingerprint density at radius 1 is 1.20 bits per heavy atom. The van der Waals surface area contributed by atoms with Gasteiger partial charge in [0, 0.05) is 31.7 Å². The molecule has 0 amide bonds. The maximum absolute atomic E-state index is 12.5. The Morgan fingerprint density at radius 2 is 1.92 bits per heavy atom. The number of rotatable bonds is 4. The first kappa shape index (κ1) is 19.4. The van der Waals surface area contributed by atoms with Crippen LogP contribution in [0.3, 0.4) is 0 Å². The summed E-state index contributed by atoms with van der Waals surface area (Å²) in [4.78, 5) is 2.04. The Bertz CT molecular complexity index is 674. The average molecular weight is 379 g/mol. The van der Waals surface area contributed by atoms with E-state index < -0.39 is 12.4 Å². The predicted molar refractivity (Wildman–Crippen MR) is 87.0 cm³/mol. The van der Waals surface area contributed by atoms with Gasteiger partial charge in [-0.2, -0.15) is 0 Å². The highest BCUT2D eigenvalue weighted by molar-refractivity contribution is 5.85. The van der Waals surface area contributed by atoms with Crippen molar-refractivity contribution in [3.8, 4) is 11.5 Å². The molecule has 1 atom stereocenters. The second kappa shape index (κ2) is 7.99. The molecule has 1 fully saturated rings. The van der Waals surface area contributed by atoms with Gasteiger partial charge >= 0.3 is 6.36 Å². The monoisotopic (exact) mass is 378 g/mol. The van der Waals surface area contributed by atoms with Gasteiger partial charge in [-0.25, -0.2) is 0 Å². The number of hydrogen-bond acceptors (Lipinski definition) is 5. The van der Waals surface area contributed by atoms with Crippen molar-refractivity contribution in [2.24, 2.45) is 0 Å². The fraction of sp³-hybridized carbons (Fsp3) is 0.375. The van der Waals surface area contributed by atoms with E-state index in [0.717, 1.165) is 19.2 Å². The number of nitrogens with zero attached hydrogens (tertiary/aromatic N) is 1. The lowest BCUT2D eigenvalue weighted by molar-refractivity contribution is -0.274. The van der Waals surface area contributed by atoms with E-state index in [2.05, 4.69) is 10.1 Å². The maximum Gasteiger partial charge on any atom is 0.573 e. The SMILES string of the molecule is Cl.Oc1ccc(OC(F)(F)F)cc1[C@@H](c1ccco1)N1CCNCC1. The molecular weight excluding hydrogens is 361 g/mol. The number of furan rings is 1. The third kappa shape index (κ3) is 4.81. The largest absolute Gasteiger partial charge is 0.573 e. The van der Waals surface area contributed by atoms with Crippen LogP contribution in [0.4, 0.5) is 13.2 Å². The van der Waals surface area contributed by atoms with Gasteiger partial charge in [-0.3, -0.25) is 4.90 Å². The standard InChI is InChI=1S/C16H17F3N2O3.ClH/c17-16(18,19)24-11-3-4-13(22)12(10-11)15(14-2-1-9-23-14)21-7-5-20-6-8-21;/h1-4,9-10,15,20,22H,5-8H2;1H/t15-;/m0./s1. The Kier molecular flexibility index (Phi) is 6.21. The lowest BCUT2D eigenvalue weighted by Gasteiger charge is -2.34. The van der Waals surface area contributed by atoms with E-state index in [0.29, 0.717) is 24.4 Å². The van der Waals surface area contributed by atoms with Crippen LogP contribution in [0.2, 0.25) is 0 Å². The first-order valence-electron chi connectivity index (χ1n) is 7.51. The van der Waals surface area contributed by atoms with Crippen LogP contribution in [0.15, 0.2) is 41.0 Å². The number of ether oxygens (including phenoxy) is 1. The van der Waals surface area contributed by atoms with Crippen LogP contribution in [-0.4, -0.2) is 42.5 Å². The molecule has 0 saturated carbocycles. The van der Waals surface area contributed by atoms with E-state index in [1.807, 2.05) is 4.90 Å². The van der Waals surface area contributed by atoms with Crippen molar-refractivity contribution in [1.82, 2.24) is 10.2 Å². The molecular formula is C16H18ClF3N2O3. The van der Waals surface area contributed by atoms with Gasteiger partial charge in [0.15, 0.2) is 0 Å². The molecule has 0 unspecified atom stereocenters. The molecule has 9 heteroatoms. The number of phenols is 1. The highest BCUT2D eigenvalue weighted by Gasteiger charge is 2.33. The summed E-state index contributed by atoms with van der Waals surface area (Å²) in [6.45, 7) is 2.84. The Hall–Kier alpha value is -1.90. The zero-order valence-electron chi connectivity index (χ0n) is 13.1. The smallest absolute Gasteiger partial charge is 0.508 e. The molecule has 2 aromatic rings. The van der Waals surface area contributed by atoms with Gasteiger partial charge in [0.1, 0.15) is 17.3 Å². The second-order valence-electron chi connectivity index (χ2n) is 5.47. The summed E-state index contributed by atoms with van der Waals surface area (Å²) >= 11 is 0. The van der Waals surface area contributed by atoms with Crippen LogP contribution in [0.5, 0.6) is 11.5 Å². The Morgan fingerprint density at radius 3 is 2.52 bits per heavy atom. The Labute approximate surface area is 148 Å². The fourth-order valence-corrected chi connectivity index (χ4v) is 2.87. The highest BCUT2D eigenvalue weighted by Crippen LogP contribution is 2.37. The van der Waals surface area contributed by atoms with Gasteiger partial charge in [-0.1, -0.05) is 0 Å². The Balaban J connectivity index is 0.00000225. The van der Waals surface area contributed by atoms with Gasteiger partial charge in [0.2, 0.25) is 0 Å². The van der Waals surface area contributed by atoms with E-state index in [1.54, 1.807) is 12.1 Å². The summed E-state index contributed by atoms with van der Waals surface area (Å²) in [6.07, 6.45) is -3.29. The third-order valence-electron chi connectivity index (χ3n) is 3.86. The molecule has 0 aliphatic carbocycles. The predicted octanol–water partition coefficient (Wildman–Crippen LogP) is 3.30. The summed E-state index contributed by atoms with van der Waals surface area (Å²) in [6, 6.07) is 6.45. The van der Waals surface area contributed by atoms with Crippen molar-refractivity contribution in [3.05, 3.63) is 47.9 Å². The zero-order valence-corrected chi connectivity index (χ0v) is 13.9. The topological polar surface area (TPSA) is 57.9 Å². The first-order valence-corrected chi connectivity index (χ1v) is 7.51. The van der Waals surface area contributed by atoms with Gasteiger partial charge in [0.25, 0.3) is 0 Å². The minimum Gasteiger partial charge on any atom is -0.508 e. The molecule has 1 saturated heterocycles. The van der Waals surface area contributed by atoms with Crippen molar-refractivity contribution in [2.45, 2.75) is 12.4 Å². The summed E-state index contributed by atoms with van der Waals surface area (Å²) < 4.78 is 46.9. The molecule has 1 aliphatic rings. The number of alkyl halides is 3. The summed E-state index contributed by atoms with van der Waals surface area (Å²) in [5.74, 6) is 0.0720. The molecule has 0 spiro atoms. The number of halogens is 4. The van der Waals surface area contributed by atoms with Crippen LogP contribution in [0.25, 0.3) is 0 Å². The van der Waals surface area contributed by atoms with Crippen LogP contribution in [0, 0.1) is 0 Å². The fourth-order valence-electron chi connectivity index (χ4n) is 2.87. The second-order valence-corrected chi connectivity index (χ2v) is 5.47. The lowest BCUT2D eigenvalue weighted by Crippen LogP contribution is -2.45. The maximum atomic E-state index is 12.5.